The minimum absolute atomic E-state index is 0.0489. The molecule has 30 heavy (non-hydrogen) atoms. The van der Waals surface area contributed by atoms with Crippen molar-refractivity contribution in [3.63, 3.8) is 0 Å². The zero-order valence-corrected chi connectivity index (χ0v) is 17.6. The molecule has 9 nitrogen and oxygen atoms in total. The highest BCUT2D eigenvalue weighted by Gasteiger charge is 2.58. The second-order valence-electron chi connectivity index (χ2n) is 7.02. The van der Waals surface area contributed by atoms with Gasteiger partial charge in [0.2, 0.25) is 5.91 Å². The Morgan fingerprint density at radius 3 is 2.57 bits per heavy atom. The van der Waals surface area contributed by atoms with E-state index < -0.39 is 28.9 Å². The van der Waals surface area contributed by atoms with Gasteiger partial charge in [0.25, 0.3) is 5.69 Å². The van der Waals surface area contributed by atoms with Crippen LogP contribution in [-0.2, 0) is 30.5 Å². The molecular weight excluding hydrogens is 412 g/mol. The van der Waals surface area contributed by atoms with Gasteiger partial charge >= 0.3 is 11.9 Å². The maximum atomic E-state index is 12.8. The molecule has 1 aromatic carbocycles. The average molecular weight is 434 g/mol. The minimum Gasteiger partial charge on any atom is -0.462 e. The number of nitro benzene ring substituents is 1. The lowest BCUT2D eigenvalue weighted by Gasteiger charge is -2.45. The van der Waals surface area contributed by atoms with Crippen molar-refractivity contribution in [3.05, 3.63) is 50.5 Å². The third kappa shape index (κ3) is 4.18. The summed E-state index contributed by atoms with van der Waals surface area (Å²) in [7, 11) is 0. The van der Waals surface area contributed by atoms with E-state index in [0.717, 1.165) is 10.7 Å². The Labute approximate surface area is 177 Å². The van der Waals surface area contributed by atoms with Crippen molar-refractivity contribution in [1.82, 2.24) is 4.90 Å². The highest BCUT2D eigenvalue weighted by molar-refractivity contribution is 8.03. The highest BCUT2D eigenvalue weighted by Crippen LogP contribution is 2.47. The van der Waals surface area contributed by atoms with Gasteiger partial charge in [-0.3, -0.25) is 19.7 Å². The molecule has 0 spiro atoms. The first-order valence-corrected chi connectivity index (χ1v) is 10.5. The summed E-state index contributed by atoms with van der Waals surface area (Å²) in [4.78, 5) is 49.2. The van der Waals surface area contributed by atoms with Crippen LogP contribution in [0.25, 0.3) is 0 Å². The smallest absolute Gasteiger partial charge is 0.356 e. The summed E-state index contributed by atoms with van der Waals surface area (Å²) in [6.45, 7) is 4.86. The van der Waals surface area contributed by atoms with Gasteiger partial charge in [0.1, 0.15) is 18.4 Å². The summed E-state index contributed by atoms with van der Waals surface area (Å²) in [6.07, 6.45) is -0.0535. The lowest BCUT2D eigenvalue weighted by Crippen LogP contribution is -2.62. The topological polar surface area (TPSA) is 116 Å². The molecule has 0 N–H and O–H groups in total. The molecule has 2 heterocycles. The van der Waals surface area contributed by atoms with Crippen molar-refractivity contribution in [1.29, 1.82) is 0 Å². The first-order valence-electron chi connectivity index (χ1n) is 9.51. The molecule has 0 radical (unpaired) electrons. The Hall–Kier alpha value is -2.88. The van der Waals surface area contributed by atoms with Crippen LogP contribution in [-0.4, -0.2) is 45.6 Å². The zero-order chi connectivity index (χ0) is 22.0. The van der Waals surface area contributed by atoms with Crippen molar-refractivity contribution >= 4 is 35.3 Å². The van der Waals surface area contributed by atoms with E-state index in [9.17, 15) is 24.5 Å². The summed E-state index contributed by atoms with van der Waals surface area (Å²) >= 11 is 1.48. The van der Waals surface area contributed by atoms with Crippen LogP contribution in [0, 0.1) is 16.0 Å². The molecule has 0 aliphatic carbocycles. The summed E-state index contributed by atoms with van der Waals surface area (Å²) in [5, 5.41) is 10.7. The number of non-ortho nitro benzene ring substituents is 1. The number of nitro groups is 1. The lowest BCUT2D eigenvalue weighted by molar-refractivity contribution is -0.384. The molecule has 2 aliphatic rings. The molecule has 10 heteroatoms. The number of rotatable bonds is 8. The molecule has 1 saturated heterocycles. The van der Waals surface area contributed by atoms with Crippen molar-refractivity contribution in [2.45, 2.75) is 45.9 Å². The second-order valence-corrected chi connectivity index (χ2v) is 8.38. The molecule has 160 valence electrons. The molecule has 2 aliphatic heterocycles. The van der Waals surface area contributed by atoms with Crippen LogP contribution < -0.4 is 0 Å². The molecular formula is C20H22N2O7S. The number of carbonyl (C=O) groups is 3. The van der Waals surface area contributed by atoms with Crippen LogP contribution in [0.4, 0.5) is 5.69 Å². The Balaban J connectivity index is 1.70. The van der Waals surface area contributed by atoms with Gasteiger partial charge in [-0.25, -0.2) is 4.79 Å². The van der Waals surface area contributed by atoms with Gasteiger partial charge in [-0.1, -0.05) is 6.92 Å². The molecule has 1 fully saturated rings. The third-order valence-electron chi connectivity index (χ3n) is 5.05. The number of β-lactam (4-membered cyclic amide) rings is 1. The monoisotopic (exact) mass is 434 g/mol. The maximum absolute atomic E-state index is 12.8. The average Bonchev–Trinajstić information content (AvgIpc) is 3.00. The molecule has 3 atom stereocenters. The first-order chi connectivity index (χ1) is 14.2. The second kappa shape index (κ2) is 8.86. The summed E-state index contributed by atoms with van der Waals surface area (Å²) in [6, 6.07) is 5.48. The van der Waals surface area contributed by atoms with Gasteiger partial charge in [0.15, 0.2) is 0 Å². The number of hydrogen-bond acceptors (Lipinski definition) is 8. The number of carbonyl (C=O) groups excluding carboxylic acids is 3. The Kier molecular flexibility index (Phi) is 6.45. The number of ether oxygens (including phenoxy) is 2. The van der Waals surface area contributed by atoms with Gasteiger partial charge in [-0.2, -0.15) is 0 Å². The summed E-state index contributed by atoms with van der Waals surface area (Å²) < 4.78 is 10.6. The Morgan fingerprint density at radius 2 is 2.00 bits per heavy atom. The maximum Gasteiger partial charge on any atom is 0.356 e. The van der Waals surface area contributed by atoms with Gasteiger partial charge in [-0.05, 0) is 30.4 Å². The number of fused-ring (bicyclic) bond motifs is 1. The third-order valence-corrected chi connectivity index (χ3v) is 6.05. The minimum atomic E-state index is -0.612. The number of amides is 1. The van der Waals surface area contributed by atoms with Gasteiger partial charge in [0.05, 0.1) is 16.9 Å². The van der Waals surface area contributed by atoms with E-state index in [0.29, 0.717) is 12.0 Å². The molecule has 3 rings (SSSR count). The number of nitrogens with zero attached hydrogens (tertiary/aromatic N) is 2. The SMILES string of the molecule is CCSC1=C(C(=O)OCc2ccc([N+](=O)[O-])cc2)N2C(=O)[C@H]([C@H](C)OC(C)=O)[C@H]2C1. The van der Waals surface area contributed by atoms with Gasteiger partial charge < -0.3 is 14.4 Å². The molecule has 0 saturated carbocycles. The van der Waals surface area contributed by atoms with Gasteiger partial charge in [-0.15, -0.1) is 11.8 Å². The van der Waals surface area contributed by atoms with E-state index >= 15 is 0 Å². The van der Waals surface area contributed by atoms with Crippen LogP contribution in [0.5, 0.6) is 0 Å². The quantitative estimate of drug-likeness (QED) is 0.265. The van der Waals surface area contributed by atoms with E-state index in [2.05, 4.69) is 0 Å². The lowest BCUT2D eigenvalue weighted by atomic mass is 9.83. The Morgan fingerprint density at radius 1 is 1.33 bits per heavy atom. The number of hydrogen-bond donors (Lipinski definition) is 0. The van der Waals surface area contributed by atoms with Crippen molar-refractivity contribution in [3.8, 4) is 0 Å². The largest absolute Gasteiger partial charge is 0.462 e. The number of benzene rings is 1. The fourth-order valence-electron chi connectivity index (χ4n) is 3.78. The zero-order valence-electron chi connectivity index (χ0n) is 16.8. The van der Waals surface area contributed by atoms with Crippen LogP contribution in [0.15, 0.2) is 34.9 Å². The fourth-order valence-corrected chi connectivity index (χ4v) is 4.73. The van der Waals surface area contributed by atoms with E-state index in [1.165, 1.54) is 47.9 Å². The van der Waals surface area contributed by atoms with E-state index in [1.807, 2.05) is 6.92 Å². The molecule has 0 aromatic heterocycles. The fraction of sp³-hybridized carbons (Fsp3) is 0.450. The molecule has 1 amide bonds. The highest BCUT2D eigenvalue weighted by atomic mass is 32.2. The molecule has 0 unspecified atom stereocenters. The summed E-state index contributed by atoms with van der Waals surface area (Å²) in [5.41, 5.74) is 0.794. The number of esters is 2. The first kappa shape index (κ1) is 21.8. The van der Waals surface area contributed by atoms with Crippen molar-refractivity contribution < 1.29 is 28.8 Å². The van der Waals surface area contributed by atoms with Crippen molar-refractivity contribution in [2.24, 2.45) is 5.92 Å². The predicted molar refractivity (Wildman–Crippen MR) is 108 cm³/mol. The van der Waals surface area contributed by atoms with E-state index in [4.69, 9.17) is 9.47 Å². The van der Waals surface area contributed by atoms with Crippen LogP contribution >= 0.6 is 11.8 Å². The van der Waals surface area contributed by atoms with Crippen LogP contribution in [0.1, 0.15) is 32.8 Å². The normalized spacial score (nSPS) is 21.0. The van der Waals surface area contributed by atoms with Crippen LogP contribution in [0.3, 0.4) is 0 Å². The van der Waals surface area contributed by atoms with E-state index in [1.54, 1.807) is 6.92 Å². The van der Waals surface area contributed by atoms with Crippen LogP contribution in [0.2, 0.25) is 0 Å². The van der Waals surface area contributed by atoms with E-state index in [-0.39, 0.29) is 29.9 Å². The molecule has 1 aromatic rings. The number of thioether (sulfide) groups is 1. The van der Waals surface area contributed by atoms with Gasteiger partial charge in [0, 0.05) is 30.4 Å². The predicted octanol–water partition coefficient (Wildman–Crippen LogP) is 2.79. The molecule has 0 bridgehead atoms. The van der Waals surface area contributed by atoms with Crippen molar-refractivity contribution in [2.75, 3.05) is 5.75 Å². The standard InChI is InChI=1S/C20H22N2O7S/c1-4-30-16-9-15-17(11(2)29-12(3)23)19(24)21(15)18(16)20(25)28-10-13-5-7-14(8-6-13)22(26)27/h5-8,11,15,17H,4,9-10H2,1-3H3/t11-,15+,17+/m0/s1. The summed E-state index contributed by atoms with van der Waals surface area (Å²) in [5.74, 6) is -1.08. The Bertz CT molecular complexity index is 912.